The average molecular weight is 320 g/mol. The molecular formula is C16H15BrFN. The predicted octanol–water partition coefficient (Wildman–Crippen LogP) is 4.95. The highest BCUT2D eigenvalue weighted by Crippen LogP contribution is 2.39. The van der Waals surface area contributed by atoms with E-state index < -0.39 is 0 Å². The zero-order valence-corrected chi connectivity index (χ0v) is 12.0. The third kappa shape index (κ3) is 2.81. The summed E-state index contributed by atoms with van der Waals surface area (Å²) in [6.45, 7) is 0. The van der Waals surface area contributed by atoms with Crippen molar-refractivity contribution in [2.75, 3.05) is 5.32 Å². The molecular weight excluding hydrogens is 305 g/mol. The Kier molecular flexibility index (Phi) is 3.56. The third-order valence-corrected chi connectivity index (χ3v) is 4.39. The van der Waals surface area contributed by atoms with Gasteiger partial charge in [-0.15, -0.1) is 0 Å². The van der Waals surface area contributed by atoms with Crippen LogP contribution in [0.5, 0.6) is 0 Å². The normalized spacial score (nSPS) is 21.8. The Labute approximate surface area is 121 Å². The Hall–Kier alpha value is -1.35. The van der Waals surface area contributed by atoms with Gasteiger partial charge in [0.1, 0.15) is 5.82 Å². The summed E-state index contributed by atoms with van der Waals surface area (Å²) in [6, 6.07) is 15.7. The first-order chi connectivity index (χ1) is 9.22. The minimum absolute atomic E-state index is 0.204. The second-order valence-corrected chi connectivity index (χ2v) is 5.90. The monoisotopic (exact) mass is 319 g/mol. The van der Waals surface area contributed by atoms with Crippen molar-refractivity contribution in [3.63, 3.8) is 0 Å². The number of anilines is 1. The van der Waals surface area contributed by atoms with E-state index in [0.717, 1.165) is 23.0 Å². The second kappa shape index (κ2) is 5.33. The van der Waals surface area contributed by atoms with Gasteiger partial charge >= 0.3 is 0 Å². The molecule has 1 saturated carbocycles. The van der Waals surface area contributed by atoms with Crippen LogP contribution >= 0.6 is 15.9 Å². The van der Waals surface area contributed by atoms with E-state index in [4.69, 9.17) is 0 Å². The molecule has 0 heterocycles. The second-order valence-electron chi connectivity index (χ2n) is 5.04. The van der Waals surface area contributed by atoms with Gasteiger partial charge in [0.2, 0.25) is 0 Å². The summed E-state index contributed by atoms with van der Waals surface area (Å²) in [4.78, 5) is 0. The first kappa shape index (κ1) is 12.7. The summed E-state index contributed by atoms with van der Waals surface area (Å²) >= 11 is 3.44. The first-order valence-corrected chi connectivity index (χ1v) is 7.28. The third-order valence-electron chi connectivity index (χ3n) is 3.70. The van der Waals surface area contributed by atoms with Gasteiger partial charge in [-0.1, -0.05) is 30.3 Å². The molecule has 0 saturated heterocycles. The Morgan fingerprint density at radius 3 is 2.53 bits per heavy atom. The van der Waals surface area contributed by atoms with Crippen LogP contribution in [-0.2, 0) is 0 Å². The van der Waals surface area contributed by atoms with Gasteiger partial charge in [-0.25, -0.2) is 4.39 Å². The molecule has 3 heteroatoms. The Morgan fingerprint density at radius 2 is 1.79 bits per heavy atom. The van der Waals surface area contributed by atoms with Gasteiger partial charge < -0.3 is 5.32 Å². The van der Waals surface area contributed by atoms with Crippen LogP contribution in [0, 0.1) is 5.82 Å². The van der Waals surface area contributed by atoms with Crippen LogP contribution in [0.2, 0.25) is 0 Å². The van der Waals surface area contributed by atoms with Gasteiger partial charge in [-0.3, -0.25) is 0 Å². The quantitative estimate of drug-likeness (QED) is 0.844. The van der Waals surface area contributed by atoms with Gasteiger partial charge in [0.05, 0.1) is 5.69 Å². The number of hydrogen-bond acceptors (Lipinski definition) is 1. The number of benzene rings is 2. The largest absolute Gasteiger partial charge is 0.381 e. The predicted molar refractivity (Wildman–Crippen MR) is 79.9 cm³/mol. The van der Waals surface area contributed by atoms with Gasteiger partial charge in [-0.2, -0.15) is 0 Å². The molecule has 0 bridgehead atoms. The molecule has 0 aliphatic heterocycles. The standard InChI is InChI=1S/C16H15BrFN/c17-15-7-6-13(18)10-16(15)19-14-8-12(9-14)11-4-2-1-3-5-11/h1-7,10,12,14,19H,8-9H2. The molecule has 1 fully saturated rings. The van der Waals surface area contributed by atoms with Crippen molar-refractivity contribution in [2.45, 2.75) is 24.8 Å². The van der Waals surface area contributed by atoms with Crippen LogP contribution in [0.15, 0.2) is 53.0 Å². The van der Waals surface area contributed by atoms with Crippen molar-refractivity contribution in [1.29, 1.82) is 0 Å². The lowest BCUT2D eigenvalue weighted by Gasteiger charge is -2.37. The molecule has 0 aromatic heterocycles. The summed E-state index contributed by atoms with van der Waals surface area (Å²) in [5.74, 6) is 0.427. The molecule has 1 aliphatic carbocycles. The smallest absolute Gasteiger partial charge is 0.125 e. The van der Waals surface area contributed by atoms with Crippen molar-refractivity contribution < 1.29 is 4.39 Å². The maximum absolute atomic E-state index is 13.2. The minimum Gasteiger partial charge on any atom is -0.381 e. The molecule has 0 unspecified atom stereocenters. The van der Waals surface area contributed by atoms with Gasteiger partial charge in [0.15, 0.2) is 0 Å². The molecule has 1 nitrogen and oxygen atoms in total. The molecule has 98 valence electrons. The van der Waals surface area contributed by atoms with E-state index in [9.17, 15) is 4.39 Å². The maximum Gasteiger partial charge on any atom is 0.125 e. The number of rotatable bonds is 3. The Balaban J connectivity index is 1.61. The van der Waals surface area contributed by atoms with Crippen LogP contribution in [0.1, 0.15) is 24.3 Å². The molecule has 3 rings (SSSR count). The van der Waals surface area contributed by atoms with Crippen molar-refractivity contribution in [3.05, 3.63) is 64.4 Å². The maximum atomic E-state index is 13.2. The van der Waals surface area contributed by atoms with E-state index in [1.54, 1.807) is 12.1 Å². The van der Waals surface area contributed by atoms with Crippen molar-refractivity contribution in [2.24, 2.45) is 0 Å². The molecule has 0 radical (unpaired) electrons. The van der Waals surface area contributed by atoms with Crippen LogP contribution in [0.4, 0.5) is 10.1 Å². The van der Waals surface area contributed by atoms with Crippen LogP contribution < -0.4 is 5.32 Å². The summed E-state index contributed by atoms with van der Waals surface area (Å²) in [5.41, 5.74) is 2.25. The van der Waals surface area contributed by atoms with Crippen molar-refractivity contribution >= 4 is 21.6 Å². The fourth-order valence-corrected chi connectivity index (χ4v) is 2.92. The Bertz CT molecular complexity index is 564. The summed E-state index contributed by atoms with van der Waals surface area (Å²) in [6.07, 6.45) is 2.21. The highest BCUT2D eigenvalue weighted by atomic mass is 79.9. The molecule has 0 amide bonds. The molecule has 19 heavy (non-hydrogen) atoms. The highest BCUT2D eigenvalue weighted by Gasteiger charge is 2.30. The van der Waals surface area contributed by atoms with Crippen LogP contribution in [-0.4, -0.2) is 6.04 Å². The number of hydrogen-bond donors (Lipinski definition) is 1. The van der Waals surface area contributed by atoms with E-state index in [2.05, 4.69) is 45.5 Å². The zero-order chi connectivity index (χ0) is 13.2. The van der Waals surface area contributed by atoms with E-state index in [-0.39, 0.29) is 5.82 Å². The van der Waals surface area contributed by atoms with Crippen LogP contribution in [0.25, 0.3) is 0 Å². The highest BCUT2D eigenvalue weighted by molar-refractivity contribution is 9.10. The van der Waals surface area contributed by atoms with Crippen LogP contribution in [0.3, 0.4) is 0 Å². The van der Waals surface area contributed by atoms with E-state index in [1.165, 1.54) is 11.6 Å². The zero-order valence-electron chi connectivity index (χ0n) is 10.4. The summed E-state index contributed by atoms with van der Waals surface area (Å²) in [5, 5.41) is 3.40. The fraction of sp³-hybridized carbons (Fsp3) is 0.250. The molecule has 1 aliphatic rings. The van der Waals surface area contributed by atoms with Gasteiger partial charge in [0.25, 0.3) is 0 Å². The number of nitrogens with one attached hydrogen (secondary N) is 1. The van der Waals surface area contributed by atoms with Crippen molar-refractivity contribution in [1.82, 2.24) is 0 Å². The Morgan fingerprint density at radius 1 is 1.05 bits per heavy atom. The molecule has 0 atom stereocenters. The molecule has 2 aromatic rings. The lowest BCUT2D eigenvalue weighted by Crippen LogP contribution is -2.34. The molecule has 2 aromatic carbocycles. The lowest BCUT2D eigenvalue weighted by molar-refractivity contribution is 0.374. The van der Waals surface area contributed by atoms with Gasteiger partial charge in [-0.05, 0) is 58.5 Å². The van der Waals surface area contributed by atoms with E-state index in [0.29, 0.717) is 12.0 Å². The van der Waals surface area contributed by atoms with Gasteiger partial charge in [0, 0.05) is 10.5 Å². The average Bonchev–Trinajstić information content (AvgIpc) is 2.38. The first-order valence-electron chi connectivity index (χ1n) is 6.49. The molecule has 1 N–H and O–H groups in total. The fourth-order valence-electron chi connectivity index (χ4n) is 2.56. The van der Waals surface area contributed by atoms with E-state index in [1.807, 2.05) is 6.07 Å². The van der Waals surface area contributed by atoms with E-state index >= 15 is 0 Å². The number of halogens is 2. The SMILES string of the molecule is Fc1ccc(Br)c(NC2CC(c3ccccc3)C2)c1. The lowest BCUT2D eigenvalue weighted by atomic mass is 9.76. The van der Waals surface area contributed by atoms with Crippen molar-refractivity contribution in [3.8, 4) is 0 Å². The molecule has 0 spiro atoms. The minimum atomic E-state index is -0.204. The summed E-state index contributed by atoms with van der Waals surface area (Å²) in [7, 11) is 0. The topological polar surface area (TPSA) is 12.0 Å². The summed E-state index contributed by atoms with van der Waals surface area (Å²) < 4.78 is 14.1.